The summed E-state index contributed by atoms with van der Waals surface area (Å²) >= 11 is 0. The van der Waals surface area contributed by atoms with E-state index >= 15 is 0 Å². The Kier molecular flexibility index (Phi) is 3.70. The maximum atomic E-state index is 12.2. The number of H-pyrrole nitrogens is 1. The minimum Gasteiger partial charge on any atom is -0.348 e. The lowest BCUT2D eigenvalue weighted by atomic mass is 10.1. The van der Waals surface area contributed by atoms with Crippen molar-refractivity contribution >= 4 is 16.8 Å². The Bertz CT molecular complexity index is 885. The van der Waals surface area contributed by atoms with Crippen LogP contribution in [0, 0.1) is 6.92 Å². The second-order valence-corrected chi connectivity index (χ2v) is 5.04. The zero-order valence-electron chi connectivity index (χ0n) is 12.1. The number of aryl methyl sites for hydroxylation is 1. The third kappa shape index (κ3) is 2.74. The molecular formula is C17H15N3O2. The van der Waals surface area contributed by atoms with Crippen LogP contribution in [0.2, 0.25) is 0 Å². The van der Waals surface area contributed by atoms with Crippen LogP contribution >= 0.6 is 0 Å². The summed E-state index contributed by atoms with van der Waals surface area (Å²) < 4.78 is 0. The summed E-state index contributed by atoms with van der Waals surface area (Å²) in [6.07, 6.45) is 1.63. The zero-order valence-corrected chi connectivity index (χ0v) is 12.1. The molecule has 0 radical (unpaired) electrons. The van der Waals surface area contributed by atoms with E-state index in [4.69, 9.17) is 0 Å². The maximum absolute atomic E-state index is 12.2. The summed E-state index contributed by atoms with van der Waals surface area (Å²) in [6, 6.07) is 12.9. The van der Waals surface area contributed by atoms with Crippen LogP contribution in [0.5, 0.6) is 0 Å². The Balaban J connectivity index is 1.89. The fourth-order valence-electron chi connectivity index (χ4n) is 2.31. The second kappa shape index (κ2) is 5.81. The van der Waals surface area contributed by atoms with E-state index < -0.39 is 11.5 Å². The number of aromatic amines is 1. The van der Waals surface area contributed by atoms with Crippen molar-refractivity contribution in [1.29, 1.82) is 0 Å². The number of hydrogen-bond acceptors (Lipinski definition) is 3. The monoisotopic (exact) mass is 293 g/mol. The van der Waals surface area contributed by atoms with Crippen molar-refractivity contribution < 1.29 is 4.79 Å². The van der Waals surface area contributed by atoms with Gasteiger partial charge in [-0.3, -0.25) is 14.6 Å². The summed E-state index contributed by atoms with van der Waals surface area (Å²) in [4.78, 5) is 31.2. The smallest absolute Gasteiger partial charge is 0.261 e. The van der Waals surface area contributed by atoms with Gasteiger partial charge < -0.3 is 10.3 Å². The number of nitrogens with zero attached hydrogens (tertiary/aromatic N) is 1. The molecule has 0 aliphatic heterocycles. The first-order valence-electron chi connectivity index (χ1n) is 6.96. The number of hydrogen-bond donors (Lipinski definition) is 2. The van der Waals surface area contributed by atoms with Gasteiger partial charge in [0, 0.05) is 23.8 Å². The van der Waals surface area contributed by atoms with Crippen LogP contribution in [0.25, 0.3) is 10.9 Å². The quantitative estimate of drug-likeness (QED) is 0.777. The SMILES string of the molecule is Cc1nccc2[nH]c(=O)c(C(=O)NCc3ccccc3)cc12. The van der Waals surface area contributed by atoms with Crippen LogP contribution in [-0.2, 0) is 6.54 Å². The standard InChI is InChI=1S/C17H15N3O2/c1-11-13-9-14(17(22)20-15(13)7-8-18-11)16(21)19-10-12-5-3-2-4-6-12/h2-9H,10H2,1H3,(H,19,21)(H,20,22). The molecule has 0 saturated heterocycles. The first kappa shape index (κ1) is 14.0. The Labute approximate surface area is 127 Å². The van der Waals surface area contributed by atoms with Gasteiger partial charge in [-0.1, -0.05) is 30.3 Å². The number of nitrogens with one attached hydrogen (secondary N) is 2. The maximum Gasteiger partial charge on any atom is 0.261 e. The Hall–Kier alpha value is -2.95. The highest BCUT2D eigenvalue weighted by molar-refractivity contribution is 5.97. The number of aromatic nitrogens is 2. The van der Waals surface area contributed by atoms with Crippen LogP contribution in [0.4, 0.5) is 0 Å². The molecule has 0 saturated carbocycles. The molecule has 1 aromatic carbocycles. The fourth-order valence-corrected chi connectivity index (χ4v) is 2.31. The average molecular weight is 293 g/mol. The Morgan fingerprint density at radius 2 is 2.00 bits per heavy atom. The number of amides is 1. The zero-order chi connectivity index (χ0) is 15.5. The van der Waals surface area contributed by atoms with Gasteiger partial charge in [0.05, 0.1) is 5.52 Å². The highest BCUT2D eigenvalue weighted by Crippen LogP contribution is 2.13. The number of rotatable bonds is 3. The first-order chi connectivity index (χ1) is 10.6. The summed E-state index contributed by atoms with van der Waals surface area (Å²) in [5, 5.41) is 3.53. The van der Waals surface area contributed by atoms with E-state index in [1.807, 2.05) is 37.3 Å². The number of fused-ring (bicyclic) bond motifs is 1. The summed E-state index contributed by atoms with van der Waals surface area (Å²) in [7, 11) is 0. The molecule has 3 rings (SSSR count). The Morgan fingerprint density at radius 1 is 1.23 bits per heavy atom. The molecule has 2 heterocycles. The van der Waals surface area contributed by atoms with Crippen molar-refractivity contribution in [3.05, 3.63) is 75.8 Å². The van der Waals surface area contributed by atoms with Crippen LogP contribution < -0.4 is 10.9 Å². The molecule has 110 valence electrons. The van der Waals surface area contributed by atoms with Gasteiger partial charge in [-0.2, -0.15) is 0 Å². The molecule has 0 atom stereocenters. The third-order valence-electron chi connectivity index (χ3n) is 3.51. The number of pyridine rings is 2. The number of carbonyl (C=O) groups excluding carboxylic acids is 1. The summed E-state index contributed by atoms with van der Waals surface area (Å²) in [6.45, 7) is 2.22. The molecular weight excluding hydrogens is 278 g/mol. The Morgan fingerprint density at radius 3 is 2.77 bits per heavy atom. The number of carbonyl (C=O) groups is 1. The van der Waals surface area contributed by atoms with E-state index in [1.165, 1.54) is 0 Å². The molecule has 2 N–H and O–H groups in total. The summed E-state index contributed by atoms with van der Waals surface area (Å²) in [5.74, 6) is -0.393. The molecule has 0 aliphatic carbocycles. The molecule has 22 heavy (non-hydrogen) atoms. The van der Waals surface area contributed by atoms with Crippen molar-refractivity contribution in [3.8, 4) is 0 Å². The van der Waals surface area contributed by atoms with E-state index in [0.29, 0.717) is 12.1 Å². The van der Waals surface area contributed by atoms with Crippen molar-refractivity contribution in [3.63, 3.8) is 0 Å². The van der Waals surface area contributed by atoms with E-state index in [2.05, 4.69) is 15.3 Å². The molecule has 0 fully saturated rings. The van der Waals surface area contributed by atoms with Crippen LogP contribution in [0.15, 0.2) is 53.5 Å². The lowest BCUT2D eigenvalue weighted by Crippen LogP contribution is -2.29. The lowest BCUT2D eigenvalue weighted by molar-refractivity contribution is 0.0949. The summed E-state index contributed by atoms with van der Waals surface area (Å²) in [5.41, 5.74) is 2.12. The first-order valence-corrected chi connectivity index (χ1v) is 6.96. The molecule has 0 aliphatic rings. The molecule has 2 aromatic heterocycles. The molecule has 5 nitrogen and oxygen atoms in total. The van der Waals surface area contributed by atoms with E-state index in [0.717, 1.165) is 16.6 Å². The normalized spacial score (nSPS) is 10.6. The molecule has 1 amide bonds. The van der Waals surface area contributed by atoms with Crippen LogP contribution in [0.1, 0.15) is 21.6 Å². The third-order valence-corrected chi connectivity index (χ3v) is 3.51. The fraction of sp³-hybridized carbons (Fsp3) is 0.118. The van der Waals surface area contributed by atoms with Gasteiger partial charge in [-0.15, -0.1) is 0 Å². The minimum atomic E-state index is -0.399. The second-order valence-electron chi connectivity index (χ2n) is 5.04. The van der Waals surface area contributed by atoms with Crippen molar-refractivity contribution in [2.75, 3.05) is 0 Å². The lowest BCUT2D eigenvalue weighted by Gasteiger charge is -2.07. The topological polar surface area (TPSA) is 74.8 Å². The van der Waals surface area contributed by atoms with Gasteiger partial charge in [0.25, 0.3) is 11.5 Å². The highest BCUT2D eigenvalue weighted by Gasteiger charge is 2.12. The van der Waals surface area contributed by atoms with E-state index in [1.54, 1.807) is 18.3 Å². The largest absolute Gasteiger partial charge is 0.348 e. The van der Waals surface area contributed by atoms with Gasteiger partial charge in [0.2, 0.25) is 0 Å². The van der Waals surface area contributed by atoms with Crippen molar-refractivity contribution in [1.82, 2.24) is 15.3 Å². The molecule has 3 aromatic rings. The minimum absolute atomic E-state index is 0.0968. The van der Waals surface area contributed by atoms with Gasteiger partial charge >= 0.3 is 0 Å². The number of benzene rings is 1. The van der Waals surface area contributed by atoms with Gasteiger partial charge in [-0.25, -0.2) is 0 Å². The van der Waals surface area contributed by atoms with Gasteiger partial charge in [0.15, 0.2) is 0 Å². The molecule has 0 spiro atoms. The predicted octanol–water partition coefficient (Wildman–Crippen LogP) is 2.16. The molecule has 5 heteroatoms. The average Bonchev–Trinajstić information content (AvgIpc) is 2.53. The predicted molar refractivity (Wildman–Crippen MR) is 84.7 cm³/mol. The van der Waals surface area contributed by atoms with Crippen molar-refractivity contribution in [2.24, 2.45) is 0 Å². The molecule has 0 unspecified atom stereocenters. The highest BCUT2D eigenvalue weighted by atomic mass is 16.2. The van der Waals surface area contributed by atoms with Crippen molar-refractivity contribution in [2.45, 2.75) is 13.5 Å². The van der Waals surface area contributed by atoms with Gasteiger partial charge in [0.1, 0.15) is 5.56 Å². The van der Waals surface area contributed by atoms with Crippen LogP contribution in [-0.4, -0.2) is 15.9 Å². The van der Waals surface area contributed by atoms with E-state index in [-0.39, 0.29) is 5.56 Å². The van der Waals surface area contributed by atoms with Crippen LogP contribution in [0.3, 0.4) is 0 Å². The van der Waals surface area contributed by atoms with E-state index in [9.17, 15) is 9.59 Å². The molecule has 0 bridgehead atoms. The van der Waals surface area contributed by atoms with Gasteiger partial charge in [-0.05, 0) is 24.6 Å².